The number of thioether (sulfide) groups is 1. The topological polar surface area (TPSA) is 88.6 Å². The molecular weight excluding hydrogens is 324 g/mol. The highest BCUT2D eigenvalue weighted by Gasteiger charge is 2.32. The summed E-state index contributed by atoms with van der Waals surface area (Å²) in [6, 6.07) is 12.8. The summed E-state index contributed by atoms with van der Waals surface area (Å²) in [4.78, 5) is 33.7. The SMILES string of the molecule is NC(=O)CSC1=N/C(=C\c2cccnc2)C(=O)N1c1ccccc1. The van der Waals surface area contributed by atoms with Crippen molar-refractivity contribution < 1.29 is 9.59 Å². The van der Waals surface area contributed by atoms with E-state index in [9.17, 15) is 9.59 Å². The lowest BCUT2D eigenvalue weighted by atomic mass is 10.2. The van der Waals surface area contributed by atoms with Crippen LogP contribution in [0.1, 0.15) is 5.56 Å². The van der Waals surface area contributed by atoms with Gasteiger partial charge in [0.05, 0.1) is 11.4 Å². The number of hydrogen-bond donors (Lipinski definition) is 1. The first-order valence-corrected chi connectivity index (χ1v) is 8.15. The van der Waals surface area contributed by atoms with Crippen molar-refractivity contribution in [2.45, 2.75) is 0 Å². The van der Waals surface area contributed by atoms with E-state index in [1.807, 2.05) is 36.4 Å². The maximum Gasteiger partial charge on any atom is 0.283 e. The van der Waals surface area contributed by atoms with Gasteiger partial charge in [-0.1, -0.05) is 36.0 Å². The summed E-state index contributed by atoms with van der Waals surface area (Å²) in [5.74, 6) is -0.667. The van der Waals surface area contributed by atoms with Crippen LogP contribution in [0.3, 0.4) is 0 Å². The van der Waals surface area contributed by atoms with Crippen LogP contribution in [0.15, 0.2) is 65.5 Å². The molecule has 2 aromatic rings. The van der Waals surface area contributed by atoms with Crippen molar-refractivity contribution in [1.82, 2.24) is 4.98 Å². The lowest BCUT2D eigenvalue weighted by molar-refractivity contribution is -0.115. The average molecular weight is 338 g/mol. The van der Waals surface area contributed by atoms with Crippen LogP contribution in [0.25, 0.3) is 6.08 Å². The van der Waals surface area contributed by atoms with Crippen LogP contribution in [0, 0.1) is 0 Å². The molecule has 1 aromatic carbocycles. The number of amides is 2. The predicted octanol–water partition coefficient (Wildman–Crippen LogP) is 2.04. The molecule has 0 unspecified atom stereocenters. The Balaban J connectivity index is 1.96. The van der Waals surface area contributed by atoms with Crippen LogP contribution in [-0.2, 0) is 9.59 Å². The van der Waals surface area contributed by atoms with Gasteiger partial charge in [-0.25, -0.2) is 4.99 Å². The average Bonchev–Trinajstić information content (AvgIpc) is 2.90. The van der Waals surface area contributed by atoms with Crippen LogP contribution in [0.2, 0.25) is 0 Å². The highest BCUT2D eigenvalue weighted by Crippen LogP contribution is 2.28. The minimum absolute atomic E-state index is 0.0512. The van der Waals surface area contributed by atoms with Crippen LogP contribution in [0.5, 0.6) is 0 Å². The highest BCUT2D eigenvalue weighted by molar-refractivity contribution is 8.14. The maximum absolute atomic E-state index is 12.8. The monoisotopic (exact) mass is 338 g/mol. The fourth-order valence-electron chi connectivity index (χ4n) is 2.15. The van der Waals surface area contributed by atoms with Gasteiger partial charge < -0.3 is 5.73 Å². The molecule has 3 rings (SSSR count). The van der Waals surface area contributed by atoms with Crippen LogP contribution in [0.4, 0.5) is 5.69 Å². The molecule has 1 aromatic heterocycles. The van der Waals surface area contributed by atoms with Crippen molar-refractivity contribution in [1.29, 1.82) is 0 Å². The first-order chi connectivity index (χ1) is 11.6. The van der Waals surface area contributed by atoms with Gasteiger partial charge in [0.1, 0.15) is 5.70 Å². The van der Waals surface area contributed by atoms with Gasteiger partial charge >= 0.3 is 0 Å². The third-order valence-corrected chi connectivity index (χ3v) is 4.14. The second-order valence-electron chi connectivity index (χ2n) is 4.94. The van der Waals surface area contributed by atoms with Crippen LogP contribution in [-0.4, -0.2) is 27.7 Å². The number of para-hydroxylation sites is 1. The van der Waals surface area contributed by atoms with E-state index in [0.29, 0.717) is 16.6 Å². The van der Waals surface area contributed by atoms with Crippen molar-refractivity contribution in [3.8, 4) is 0 Å². The fourth-order valence-corrected chi connectivity index (χ4v) is 2.90. The standard InChI is InChI=1S/C17H14N4O2S/c18-15(22)11-24-17-20-14(9-12-5-4-8-19-10-12)16(23)21(17)13-6-2-1-3-7-13/h1-10H,11H2,(H2,18,22)/b14-9-. The second-order valence-corrected chi connectivity index (χ2v) is 5.88. The predicted molar refractivity (Wildman–Crippen MR) is 95.2 cm³/mol. The number of benzene rings is 1. The molecule has 0 bridgehead atoms. The van der Waals surface area contributed by atoms with Crippen LogP contribution >= 0.6 is 11.8 Å². The molecular formula is C17H14N4O2S. The lowest BCUT2D eigenvalue weighted by Gasteiger charge is -2.17. The molecule has 1 aliphatic rings. The van der Waals surface area contributed by atoms with Crippen molar-refractivity contribution in [3.05, 3.63) is 66.1 Å². The van der Waals surface area contributed by atoms with Gasteiger partial charge in [-0.15, -0.1) is 0 Å². The minimum atomic E-state index is -0.465. The first kappa shape index (κ1) is 15.9. The number of nitrogens with zero attached hydrogens (tertiary/aromatic N) is 3. The van der Waals surface area contributed by atoms with Gasteiger partial charge in [0.25, 0.3) is 5.91 Å². The number of amidine groups is 1. The number of pyridine rings is 1. The van der Waals surface area contributed by atoms with Gasteiger partial charge in [-0.05, 0) is 29.8 Å². The molecule has 0 aliphatic carbocycles. The zero-order chi connectivity index (χ0) is 16.9. The molecule has 0 saturated carbocycles. The summed E-state index contributed by atoms with van der Waals surface area (Å²) < 4.78 is 0. The Morgan fingerprint density at radius 2 is 2.00 bits per heavy atom. The number of aliphatic imine (C=N–C) groups is 1. The second kappa shape index (κ2) is 7.10. The Kier molecular flexibility index (Phi) is 4.72. The summed E-state index contributed by atoms with van der Waals surface area (Å²) >= 11 is 1.14. The van der Waals surface area contributed by atoms with Crippen molar-refractivity contribution in [3.63, 3.8) is 0 Å². The Morgan fingerprint density at radius 1 is 1.21 bits per heavy atom. The Hall–Kier alpha value is -2.93. The van der Waals surface area contributed by atoms with E-state index in [1.54, 1.807) is 24.5 Å². The number of nitrogens with two attached hydrogens (primary N) is 1. The molecule has 0 fully saturated rings. The van der Waals surface area contributed by atoms with Gasteiger partial charge in [-0.3, -0.25) is 19.5 Å². The number of hydrogen-bond acceptors (Lipinski definition) is 5. The highest BCUT2D eigenvalue weighted by atomic mass is 32.2. The van der Waals surface area contributed by atoms with Gasteiger partial charge in [-0.2, -0.15) is 0 Å². The van der Waals surface area contributed by atoms with Gasteiger partial charge in [0.2, 0.25) is 5.91 Å². The summed E-state index contributed by atoms with van der Waals surface area (Å²) in [7, 11) is 0. The van der Waals surface area contributed by atoms with E-state index in [2.05, 4.69) is 9.98 Å². The number of aromatic nitrogens is 1. The quantitative estimate of drug-likeness (QED) is 0.864. The fraction of sp³-hybridized carbons (Fsp3) is 0.0588. The zero-order valence-electron chi connectivity index (χ0n) is 12.6. The Morgan fingerprint density at radius 3 is 2.67 bits per heavy atom. The normalized spacial score (nSPS) is 15.7. The molecule has 0 saturated heterocycles. The van der Waals surface area contributed by atoms with Gasteiger partial charge in [0.15, 0.2) is 5.17 Å². The van der Waals surface area contributed by atoms with E-state index in [0.717, 1.165) is 17.3 Å². The lowest BCUT2D eigenvalue weighted by Crippen LogP contribution is -2.31. The van der Waals surface area contributed by atoms with Crippen LogP contribution < -0.4 is 10.6 Å². The van der Waals surface area contributed by atoms with E-state index in [1.165, 1.54) is 4.90 Å². The van der Waals surface area contributed by atoms with E-state index in [4.69, 9.17) is 5.73 Å². The summed E-state index contributed by atoms with van der Waals surface area (Å²) in [5.41, 5.74) is 6.96. The molecule has 120 valence electrons. The molecule has 2 heterocycles. The number of anilines is 1. The molecule has 7 heteroatoms. The molecule has 0 spiro atoms. The summed E-state index contributed by atoms with van der Waals surface area (Å²) in [6.07, 6.45) is 4.98. The Bertz CT molecular complexity index is 819. The molecule has 2 amide bonds. The number of primary amides is 1. The number of carbonyl (C=O) groups excluding carboxylic acids is 2. The van der Waals surface area contributed by atoms with Gasteiger partial charge in [0, 0.05) is 12.4 Å². The third-order valence-electron chi connectivity index (χ3n) is 3.18. The van der Waals surface area contributed by atoms with Crippen molar-refractivity contribution >= 4 is 40.5 Å². The van der Waals surface area contributed by atoms with E-state index in [-0.39, 0.29) is 11.7 Å². The van der Waals surface area contributed by atoms with E-state index >= 15 is 0 Å². The number of rotatable bonds is 4. The molecule has 2 N–H and O–H groups in total. The smallest absolute Gasteiger partial charge is 0.283 e. The van der Waals surface area contributed by atoms with Crippen molar-refractivity contribution in [2.24, 2.45) is 10.7 Å². The molecule has 0 atom stereocenters. The minimum Gasteiger partial charge on any atom is -0.369 e. The third kappa shape index (κ3) is 3.52. The largest absolute Gasteiger partial charge is 0.369 e. The Labute approximate surface area is 143 Å². The molecule has 6 nitrogen and oxygen atoms in total. The van der Waals surface area contributed by atoms with E-state index < -0.39 is 5.91 Å². The summed E-state index contributed by atoms with van der Waals surface area (Å²) in [6.45, 7) is 0. The molecule has 24 heavy (non-hydrogen) atoms. The summed E-state index contributed by atoms with van der Waals surface area (Å²) in [5, 5.41) is 0.431. The zero-order valence-corrected chi connectivity index (χ0v) is 13.4. The maximum atomic E-state index is 12.8. The first-order valence-electron chi connectivity index (χ1n) is 7.16. The molecule has 0 radical (unpaired) electrons. The van der Waals surface area contributed by atoms with Crippen molar-refractivity contribution in [2.75, 3.05) is 10.7 Å². The molecule has 1 aliphatic heterocycles. The number of carbonyl (C=O) groups is 2.